The lowest BCUT2D eigenvalue weighted by atomic mass is 10.1. The van der Waals surface area contributed by atoms with Crippen LogP contribution in [0.5, 0.6) is 0 Å². The molecule has 0 aliphatic carbocycles. The van der Waals surface area contributed by atoms with Crippen LogP contribution in [0.4, 0.5) is 10.5 Å². The van der Waals surface area contributed by atoms with Gasteiger partial charge >= 0.3 is 6.09 Å². The summed E-state index contributed by atoms with van der Waals surface area (Å²) in [5.41, 5.74) is 1.07. The fourth-order valence-corrected chi connectivity index (χ4v) is 5.00. The van der Waals surface area contributed by atoms with Gasteiger partial charge in [-0.3, -0.25) is 5.32 Å². The number of hydrogen-bond donors (Lipinski definition) is 2. The highest BCUT2D eigenvalue weighted by Crippen LogP contribution is 2.45. The Morgan fingerprint density at radius 2 is 1.20 bits per heavy atom. The van der Waals surface area contributed by atoms with Crippen molar-refractivity contribution in [2.75, 3.05) is 5.32 Å². The van der Waals surface area contributed by atoms with E-state index in [0.29, 0.717) is 16.8 Å². The molecule has 2 N–H and O–H groups in total. The second kappa shape index (κ2) is 7.88. The molecule has 0 bridgehead atoms. The van der Waals surface area contributed by atoms with Gasteiger partial charge in [-0.1, -0.05) is 78.9 Å². The van der Waals surface area contributed by atoms with Crippen LogP contribution in [-0.2, 0) is 14.6 Å². The van der Waals surface area contributed by atoms with Gasteiger partial charge in [-0.05, 0) is 23.3 Å². The van der Waals surface area contributed by atoms with E-state index >= 15 is 0 Å². The first-order valence-electron chi connectivity index (χ1n) is 9.06. The number of aliphatic hydroxyl groups is 1. The quantitative estimate of drug-likeness (QED) is 0.624. The molecule has 150 valence electrons. The van der Waals surface area contributed by atoms with Crippen molar-refractivity contribution in [2.45, 2.75) is 0 Å². The van der Waals surface area contributed by atoms with Crippen molar-refractivity contribution in [3.8, 4) is 0 Å². The van der Waals surface area contributed by atoms with E-state index in [2.05, 4.69) is 5.32 Å². The molecule has 0 fully saturated rings. The second-order valence-corrected chi connectivity index (χ2v) is 8.28. The van der Waals surface area contributed by atoms with Crippen LogP contribution < -0.4 is 5.32 Å². The van der Waals surface area contributed by atoms with E-state index in [1.54, 1.807) is 91.0 Å². The molecule has 7 heteroatoms. The van der Waals surface area contributed by atoms with Crippen LogP contribution in [0.1, 0.15) is 11.1 Å². The van der Waals surface area contributed by atoms with Crippen molar-refractivity contribution in [3.05, 3.63) is 114 Å². The molecule has 1 aliphatic rings. The number of rotatable bonds is 4. The smallest absolute Gasteiger partial charge is 0.417 e. The zero-order valence-electron chi connectivity index (χ0n) is 15.6. The Balaban J connectivity index is 1.80. The van der Waals surface area contributed by atoms with Gasteiger partial charge in [0, 0.05) is 5.69 Å². The van der Waals surface area contributed by atoms with Gasteiger partial charge in [0.15, 0.2) is 11.5 Å². The van der Waals surface area contributed by atoms with Crippen LogP contribution in [0, 0.1) is 0 Å². The standard InChI is InChI=1S/C23H17NO5S/c25-19-20(29-23(26)24-18-14-8-3-9-15-18)22(17-12-6-2-7-13-17)30(27,28)21(19)16-10-4-1-5-11-16/h1-15,25H,(H,24,26). The van der Waals surface area contributed by atoms with Gasteiger partial charge < -0.3 is 9.84 Å². The van der Waals surface area contributed by atoms with E-state index in [0.717, 1.165) is 0 Å². The summed E-state index contributed by atoms with van der Waals surface area (Å²) in [5.74, 6) is -1.02. The molecule has 4 rings (SSSR count). The highest BCUT2D eigenvalue weighted by atomic mass is 32.2. The van der Waals surface area contributed by atoms with Crippen molar-refractivity contribution in [3.63, 3.8) is 0 Å². The number of aliphatic hydroxyl groups excluding tert-OH is 1. The summed E-state index contributed by atoms with van der Waals surface area (Å²) in [6.45, 7) is 0. The van der Waals surface area contributed by atoms with Crippen LogP contribution in [0.2, 0.25) is 0 Å². The van der Waals surface area contributed by atoms with Crippen LogP contribution in [0.25, 0.3) is 9.81 Å². The van der Waals surface area contributed by atoms with Gasteiger partial charge in [-0.25, -0.2) is 13.2 Å². The average molecular weight is 419 g/mol. The van der Waals surface area contributed by atoms with Gasteiger partial charge in [0.25, 0.3) is 0 Å². The van der Waals surface area contributed by atoms with E-state index in [1.807, 2.05) is 0 Å². The van der Waals surface area contributed by atoms with E-state index in [-0.39, 0.29) is 9.81 Å². The summed E-state index contributed by atoms with van der Waals surface area (Å²) in [4.78, 5) is 11.9. The van der Waals surface area contributed by atoms with Gasteiger partial charge in [-0.15, -0.1) is 0 Å². The predicted molar refractivity (Wildman–Crippen MR) is 115 cm³/mol. The van der Waals surface area contributed by atoms with E-state index < -0.39 is 27.4 Å². The molecular weight excluding hydrogens is 402 g/mol. The summed E-state index contributed by atoms with van der Waals surface area (Å²) in [6, 6.07) is 25.0. The molecule has 30 heavy (non-hydrogen) atoms. The molecule has 1 heterocycles. The maximum absolute atomic E-state index is 13.4. The zero-order chi connectivity index (χ0) is 21.1. The van der Waals surface area contributed by atoms with Crippen molar-refractivity contribution >= 4 is 31.4 Å². The number of amides is 1. The fraction of sp³-hybridized carbons (Fsp3) is 0. The van der Waals surface area contributed by atoms with Gasteiger partial charge in [0.2, 0.25) is 9.84 Å². The third-order valence-corrected chi connectivity index (χ3v) is 6.39. The lowest BCUT2D eigenvalue weighted by Crippen LogP contribution is -2.14. The highest BCUT2D eigenvalue weighted by Gasteiger charge is 2.42. The zero-order valence-corrected chi connectivity index (χ0v) is 16.5. The molecule has 0 unspecified atom stereocenters. The Labute approximate surface area is 173 Å². The molecule has 0 saturated heterocycles. The average Bonchev–Trinajstić information content (AvgIpc) is 2.94. The largest absolute Gasteiger partial charge is 0.503 e. The Morgan fingerprint density at radius 1 is 0.733 bits per heavy atom. The minimum absolute atomic E-state index is 0.261. The lowest BCUT2D eigenvalue weighted by molar-refractivity contribution is 0.187. The summed E-state index contributed by atoms with van der Waals surface area (Å²) in [5, 5.41) is 13.3. The number of hydrogen-bond acceptors (Lipinski definition) is 5. The third kappa shape index (κ3) is 3.58. The number of anilines is 1. The first-order chi connectivity index (χ1) is 14.5. The number of para-hydroxylation sites is 1. The first-order valence-corrected chi connectivity index (χ1v) is 10.5. The molecule has 1 amide bonds. The topological polar surface area (TPSA) is 92.7 Å². The maximum Gasteiger partial charge on any atom is 0.417 e. The van der Waals surface area contributed by atoms with Crippen LogP contribution in [0.15, 0.2) is 103 Å². The van der Waals surface area contributed by atoms with Crippen molar-refractivity contribution < 1.29 is 23.1 Å². The normalized spacial score (nSPS) is 15.2. The molecule has 0 radical (unpaired) electrons. The summed E-state index contributed by atoms with van der Waals surface area (Å²) >= 11 is 0. The van der Waals surface area contributed by atoms with Gasteiger partial charge in [0.05, 0.1) is 0 Å². The molecule has 6 nitrogen and oxygen atoms in total. The molecule has 3 aromatic carbocycles. The summed E-state index contributed by atoms with van der Waals surface area (Å²) < 4.78 is 32.1. The summed E-state index contributed by atoms with van der Waals surface area (Å²) in [7, 11) is -4.15. The Bertz CT molecular complexity index is 1250. The fourth-order valence-electron chi connectivity index (χ4n) is 3.17. The minimum atomic E-state index is -4.15. The second-order valence-electron chi connectivity index (χ2n) is 6.45. The third-order valence-electron chi connectivity index (χ3n) is 4.46. The highest BCUT2D eigenvalue weighted by molar-refractivity contribution is 8.09. The van der Waals surface area contributed by atoms with Crippen LogP contribution >= 0.6 is 0 Å². The van der Waals surface area contributed by atoms with Crippen molar-refractivity contribution in [2.24, 2.45) is 0 Å². The van der Waals surface area contributed by atoms with E-state index in [9.17, 15) is 18.3 Å². The van der Waals surface area contributed by atoms with Crippen LogP contribution in [-0.4, -0.2) is 19.6 Å². The van der Waals surface area contributed by atoms with Crippen LogP contribution in [0.3, 0.4) is 0 Å². The lowest BCUT2D eigenvalue weighted by Gasteiger charge is -2.10. The van der Waals surface area contributed by atoms with Crippen molar-refractivity contribution in [1.82, 2.24) is 0 Å². The first kappa shape index (κ1) is 19.5. The summed E-state index contributed by atoms with van der Waals surface area (Å²) in [6.07, 6.45) is -0.916. The Kier molecular flexibility index (Phi) is 5.12. The Hall–Kier alpha value is -3.84. The SMILES string of the molecule is O=C(Nc1ccccc1)OC1=C(c2ccccc2)S(=O)(=O)C(c2ccccc2)=C1O. The minimum Gasteiger partial charge on any atom is -0.503 e. The van der Waals surface area contributed by atoms with E-state index in [1.165, 1.54) is 0 Å². The molecule has 0 saturated carbocycles. The number of sulfone groups is 1. The molecule has 0 spiro atoms. The number of nitrogens with one attached hydrogen (secondary N) is 1. The number of benzene rings is 3. The monoisotopic (exact) mass is 419 g/mol. The van der Waals surface area contributed by atoms with Crippen molar-refractivity contribution in [1.29, 1.82) is 0 Å². The predicted octanol–water partition coefficient (Wildman–Crippen LogP) is 4.96. The van der Waals surface area contributed by atoms with Gasteiger partial charge in [-0.2, -0.15) is 0 Å². The van der Waals surface area contributed by atoms with Gasteiger partial charge in [0.1, 0.15) is 9.81 Å². The number of ether oxygens (including phenoxy) is 1. The maximum atomic E-state index is 13.4. The number of carbonyl (C=O) groups excluding carboxylic acids is 1. The number of carbonyl (C=O) groups is 1. The molecule has 0 aromatic heterocycles. The molecular formula is C23H17NO5S. The van der Waals surface area contributed by atoms with E-state index in [4.69, 9.17) is 4.74 Å². The Morgan fingerprint density at radius 3 is 1.73 bits per heavy atom. The molecule has 3 aromatic rings. The molecule has 0 atom stereocenters. The molecule has 1 aliphatic heterocycles.